The van der Waals surface area contributed by atoms with Gasteiger partial charge in [-0.15, -0.1) is 0 Å². The first kappa shape index (κ1) is 12.8. The van der Waals surface area contributed by atoms with Crippen LogP contribution >= 0.6 is 11.8 Å². The maximum absolute atomic E-state index is 5.34. The first-order valence-corrected chi connectivity index (χ1v) is 6.91. The highest BCUT2D eigenvalue weighted by atomic mass is 32.2. The van der Waals surface area contributed by atoms with Crippen molar-refractivity contribution in [1.29, 1.82) is 0 Å². The molecule has 0 saturated carbocycles. The van der Waals surface area contributed by atoms with Gasteiger partial charge in [-0.25, -0.2) is 4.98 Å². The fourth-order valence-corrected chi connectivity index (χ4v) is 2.37. The number of imidazole rings is 1. The normalized spacial score (nSPS) is 10.4. The molecular weight excluding hydrogens is 248 g/mol. The van der Waals surface area contributed by atoms with Crippen LogP contribution in [0.15, 0.2) is 30.9 Å². The van der Waals surface area contributed by atoms with Crippen LogP contribution in [0.5, 0.6) is 11.5 Å². The Hall–Kier alpha value is -1.62. The summed E-state index contributed by atoms with van der Waals surface area (Å²) in [5, 5.41) is 0. The Kier molecular flexibility index (Phi) is 4.15. The molecule has 0 aliphatic rings. The second kappa shape index (κ2) is 5.82. The van der Waals surface area contributed by atoms with E-state index in [4.69, 9.17) is 9.47 Å². The minimum atomic E-state index is 0.728. The van der Waals surface area contributed by atoms with E-state index >= 15 is 0 Å². The zero-order chi connectivity index (χ0) is 13.0. The van der Waals surface area contributed by atoms with Gasteiger partial charge in [0, 0.05) is 24.2 Å². The van der Waals surface area contributed by atoms with Crippen LogP contribution in [0.3, 0.4) is 0 Å². The molecule has 4 nitrogen and oxygen atoms in total. The van der Waals surface area contributed by atoms with Crippen molar-refractivity contribution >= 4 is 11.8 Å². The summed E-state index contributed by atoms with van der Waals surface area (Å²) in [6.45, 7) is 0. The maximum Gasteiger partial charge on any atom is 0.162 e. The molecule has 0 bridgehead atoms. The number of rotatable bonds is 5. The molecule has 0 atom stereocenters. The molecule has 0 aliphatic carbocycles. The molecule has 5 heteroatoms. The second-order valence-electron chi connectivity index (χ2n) is 3.74. The van der Waals surface area contributed by atoms with E-state index < -0.39 is 0 Å². The van der Waals surface area contributed by atoms with Crippen molar-refractivity contribution in [3.8, 4) is 17.2 Å². The number of hydrogen-bond donors (Lipinski definition) is 0. The van der Waals surface area contributed by atoms with Gasteiger partial charge in [-0.3, -0.25) is 0 Å². The van der Waals surface area contributed by atoms with Gasteiger partial charge in [0.2, 0.25) is 0 Å². The molecule has 0 amide bonds. The minimum absolute atomic E-state index is 0.728. The molecule has 18 heavy (non-hydrogen) atoms. The van der Waals surface area contributed by atoms with E-state index in [2.05, 4.69) is 11.2 Å². The molecule has 1 aromatic carbocycles. The summed E-state index contributed by atoms with van der Waals surface area (Å²) < 4.78 is 12.7. The van der Waals surface area contributed by atoms with E-state index in [1.165, 1.54) is 5.56 Å². The zero-order valence-corrected chi connectivity index (χ0v) is 11.5. The Morgan fingerprint density at radius 2 is 1.94 bits per heavy atom. The van der Waals surface area contributed by atoms with Crippen molar-refractivity contribution in [2.45, 2.75) is 5.75 Å². The van der Waals surface area contributed by atoms with Crippen LogP contribution in [0.1, 0.15) is 5.56 Å². The first-order chi connectivity index (χ1) is 8.80. The van der Waals surface area contributed by atoms with Gasteiger partial charge in [-0.05, 0) is 17.9 Å². The third-order valence-electron chi connectivity index (χ3n) is 2.67. The van der Waals surface area contributed by atoms with E-state index in [1.807, 2.05) is 22.9 Å². The van der Waals surface area contributed by atoms with Gasteiger partial charge in [0.05, 0.1) is 26.2 Å². The van der Waals surface area contributed by atoms with Crippen LogP contribution in [0, 0.1) is 0 Å². The van der Waals surface area contributed by atoms with Crippen LogP contribution in [0.4, 0.5) is 0 Å². The first-order valence-electron chi connectivity index (χ1n) is 5.52. The molecule has 96 valence electrons. The Morgan fingerprint density at radius 3 is 2.50 bits per heavy atom. The number of thioether (sulfide) groups is 1. The molecular formula is C13H16N2O2S. The van der Waals surface area contributed by atoms with Crippen molar-refractivity contribution in [3.05, 3.63) is 36.4 Å². The summed E-state index contributed by atoms with van der Waals surface area (Å²) in [4.78, 5) is 4.08. The lowest BCUT2D eigenvalue weighted by molar-refractivity contribution is 0.354. The van der Waals surface area contributed by atoms with E-state index in [9.17, 15) is 0 Å². The zero-order valence-electron chi connectivity index (χ0n) is 10.7. The molecule has 0 aliphatic heterocycles. The number of hydrogen-bond acceptors (Lipinski definition) is 4. The Labute approximate surface area is 111 Å². The van der Waals surface area contributed by atoms with Crippen molar-refractivity contribution in [2.75, 3.05) is 20.5 Å². The van der Waals surface area contributed by atoms with Crippen molar-refractivity contribution in [1.82, 2.24) is 9.55 Å². The fourth-order valence-electron chi connectivity index (χ4n) is 1.82. The molecule has 2 rings (SSSR count). The summed E-state index contributed by atoms with van der Waals surface area (Å²) in [5.41, 5.74) is 2.26. The number of aromatic nitrogens is 2. The molecule has 0 spiro atoms. The third kappa shape index (κ3) is 2.46. The predicted molar refractivity (Wildman–Crippen MR) is 73.9 cm³/mol. The fraction of sp³-hybridized carbons (Fsp3) is 0.308. The minimum Gasteiger partial charge on any atom is -0.493 e. The SMILES string of the molecule is COc1cc(CSC)c(-n2ccnc2)cc1OC. The van der Waals surface area contributed by atoms with Crippen LogP contribution in [-0.2, 0) is 5.75 Å². The lowest BCUT2D eigenvalue weighted by Crippen LogP contribution is -2.00. The number of methoxy groups -OCH3 is 2. The lowest BCUT2D eigenvalue weighted by Gasteiger charge is -2.14. The van der Waals surface area contributed by atoms with Crippen LogP contribution in [0.25, 0.3) is 5.69 Å². The van der Waals surface area contributed by atoms with E-state index in [0.717, 1.165) is 22.9 Å². The summed E-state index contributed by atoms with van der Waals surface area (Å²) in [6.07, 6.45) is 7.55. The summed E-state index contributed by atoms with van der Waals surface area (Å²) >= 11 is 1.77. The Bertz CT molecular complexity index is 512. The average Bonchev–Trinajstić information content (AvgIpc) is 2.92. The summed E-state index contributed by atoms with van der Waals surface area (Å²) in [5.74, 6) is 2.39. The number of nitrogens with zero attached hydrogens (tertiary/aromatic N) is 2. The van der Waals surface area contributed by atoms with Crippen molar-refractivity contribution in [3.63, 3.8) is 0 Å². The Balaban J connectivity index is 2.55. The maximum atomic E-state index is 5.34. The molecule has 1 aromatic heterocycles. The molecule has 2 aromatic rings. The monoisotopic (exact) mass is 264 g/mol. The highest BCUT2D eigenvalue weighted by molar-refractivity contribution is 7.97. The Morgan fingerprint density at radius 1 is 1.22 bits per heavy atom. The average molecular weight is 264 g/mol. The smallest absolute Gasteiger partial charge is 0.162 e. The van der Waals surface area contributed by atoms with E-state index in [-0.39, 0.29) is 0 Å². The second-order valence-corrected chi connectivity index (χ2v) is 4.60. The predicted octanol–water partition coefficient (Wildman–Crippen LogP) is 2.75. The van der Waals surface area contributed by atoms with Gasteiger partial charge in [-0.1, -0.05) is 0 Å². The van der Waals surface area contributed by atoms with E-state index in [1.54, 1.807) is 38.5 Å². The third-order valence-corrected chi connectivity index (χ3v) is 3.27. The molecule has 0 saturated heterocycles. The topological polar surface area (TPSA) is 36.3 Å². The van der Waals surface area contributed by atoms with Gasteiger partial charge in [0.1, 0.15) is 0 Å². The standard InChI is InChI=1S/C13H16N2O2S/c1-16-12-6-10(8-18-3)11(7-13(12)17-2)15-5-4-14-9-15/h4-7,9H,8H2,1-3H3. The van der Waals surface area contributed by atoms with Crippen molar-refractivity contribution < 1.29 is 9.47 Å². The highest BCUT2D eigenvalue weighted by Crippen LogP contribution is 2.33. The van der Waals surface area contributed by atoms with Gasteiger partial charge in [-0.2, -0.15) is 11.8 Å². The number of benzene rings is 1. The van der Waals surface area contributed by atoms with Gasteiger partial charge in [0.25, 0.3) is 0 Å². The molecule has 0 fully saturated rings. The summed E-state index contributed by atoms with van der Waals surface area (Å²) in [6, 6.07) is 4.00. The van der Waals surface area contributed by atoms with Gasteiger partial charge < -0.3 is 14.0 Å². The largest absolute Gasteiger partial charge is 0.493 e. The van der Waals surface area contributed by atoms with Crippen LogP contribution in [0.2, 0.25) is 0 Å². The molecule has 0 N–H and O–H groups in total. The van der Waals surface area contributed by atoms with Gasteiger partial charge >= 0.3 is 0 Å². The molecule has 1 heterocycles. The lowest BCUT2D eigenvalue weighted by atomic mass is 10.1. The van der Waals surface area contributed by atoms with Crippen LogP contribution in [-0.4, -0.2) is 30.0 Å². The van der Waals surface area contributed by atoms with E-state index in [0.29, 0.717) is 0 Å². The number of ether oxygens (including phenoxy) is 2. The summed E-state index contributed by atoms with van der Waals surface area (Å²) in [7, 11) is 3.29. The van der Waals surface area contributed by atoms with Crippen molar-refractivity contribution in [2.24, 2.45) is 0 Å². The highest BCUT2D eigenvalue weighted by Gasteiger charge is 2.12. The van der Waals surface area contributed by atoms with Gasteiger partial charge in [0.15, 0.2) is 11.5 Å². The molecule has 0 radical (unpaired) electrons. The van der Waals surface area contributed by atoms with Crippen LogP contribution < -0.4 is 9.47 Å². The molecule has 0 unspecified atom stereocenters. The quantitative estimate of drug-likeness (QED) is 0.832.